The maximum absolute atomic E-state index is 13.8. The number of carbonyl (C=O) groups excluding carboxylic acids is 2. The maximum atomic E-state index is 13.8. The van der Waals surface area contributed by atoms with Crippen LogP contribution in [0.1, 0.15) is 75.1 Å². The number of ether oxygens (including phenoxy) is 4. The largest absolute Gasteiger partial charge is 0.496 e. The minimum absolute atomic E-state index is 0.0458. The Morgan fingerprint density at radius 2 is 1.47 bits per heavy atom. The van der Waals surface area contributed by atoms with Gasteiger partial charge in [-0.15, -0.1) is 0 Å². The highest BCUT2D eigenvalue weighted by molar-refractivity contribution is 7.86. The lowest BCUT2D eigenvalue weighted by molar-refractivity contribution is -0.170. The Balaban J connectivity index is 1.50. The summed E-state index contributed by atoms with van der Waals surface area (Å²) in [5.41, 5.74) is 4.67. The first kappa shape index (κ1) is 34.9. The van der Waals surface area contributed by atoms with Gasteiger partial charge in [-0.3, -0.25) is 18.7 Å². The number of benzene rings is 3. The van der Waals surface area contributed by atoms with Gasteiger partial charge >= 0.3 is 11.9 Å². The van der Waals surface area contributed by atoms with Crippen molar-refractivity contribution in [1.29, 1.82) is 0 Å². The van der Waals surface area contributed by atoms with Gasteiger partial charge in [0.2, 0.25) is 0 Å². The summed E-state index contributed by atoms with van der Waals surface area (Å²) in [4.78, 5) is 27.3. The van der Waals surface area contributed by atoms with Crippen LogP contribution < -0.4 is 9.47 Å². The molecule has 4 bridgehead atoms. The second-order valence-corrected chi connectivity index (χ2v) is 14.9. The Hall–Kier alpha value is -3.93. The van der Waals surface area contributed by atoms with Crippen LogP contribution in [0.25, 0.3) is 11.1 Å². The van der Waals surface area contributed by atoms with Crippen LogP contribution >= 0.6 is 0 Å². The predicted molar refractivity (Wildman–Crippen MR) is 183 cm³/mol. The van der Waals surface area contributed by atoms with Gasteiger partial charge in [0.05, 0.1) is 19.1 Å². The molecule has 0 aromatic heterocycles. The lowest BCUT2D eigenvalue weighted by atomic mass is 9.78. The fraction of sp³-hybridized carbons (Fsp3) is 0.474. The SMILES string of the molecule is COc1ccc2cc1-c1cc(ccc1OC)C1CC(OC(C)=O)C(OS(=O)(=O)c3ccc(C)cc3)C3CCCC(CC(OC(C)=O)CC2)N13. The van der Waals surface area contributed by atoms with Gasteiger partial charge < -0.3 is 18.9 Å². The number of rotatable bonds is 7. The molecule has 0 aliphatic carbocycles. The first-order chi connectivity index (χ1) is 23.5. The molecule has 49 heavy (non-hydrogen) atoms. The van der Waals surface area contributed by atoms with Crippen LogP contribution in [-0.2, 0) is 39.8 Å². The minimum Gasteiger partial charge on any atom is -0.496 e. The van der Waals surface area contributed by atoms with E-state index in [1.54, 1.807) is 26.4 Å². The number of hydrogen-bond acceptors (Lipinski definition) is 10. The Morgan fingerprint density at radius 1 is 0.796 bits per heavy atom. The highest BCUT2D eigenvalue weighted by Gasteiger charge is 2.51. The first-order valence-corrected chi connectivity index (χ1v) is 18.3. The van der Waals surface area contributed by atoms with Crippen molar-refractivity contribution < 1.29 is 41.1 Å². The van der Waals surface area contributed by atoms with Gasteiger partial charge in [-0.25, -0.2) is 0 Å². The number of hydrogen-bond donors (Lipinski definition) is 0. The van der Waals surface area contributed by atoms with Crippen molar-refractivity contribution in [2.24, 2.45) is 0 Å². The molecular formula is C38H45NO9S. The molecule has 0 N–H and O–H groups in total. The average Bonchev–Trinajstić information content (AvgIpc) is 3.07. The standard InChI is InChI=1S/C38H45NO9S/c1-23-9-15-30(16-10-23)49(42,43)48-38-33-8-6-7-28-21-29(46-24(2)40)14-11-26-12-17-35(44-4)31(19-26)32-20-27(13-18-36(32)45-5)34(39(28)33)22-37(38)47-25(3)41/h9-10,12-13,15-20,28-29,33-34,37-38H,6-8,11,14,21-22H2,1-5H3. The number of esters is 2. The van der Waals surface area contributed by atoms with E-state index in [0.717, 1.165) is 40.7 Å². The molecule has 11 heteroatoms. The van der Waals surface area contributed by atoms with Gasteiger partial charge in [-0.2, -0.15) is 8.42 Å². The zero-order valence-corrected chi connectivity index (χ0v) is 29.5. The molecule has 3 aromatic carbocycles. The zero-order chi connectivity index (χ0) is 34.9. The van der Waals surface area contributed by atoms with Gasteiger partial charge in [-0.05, 0) is 86.6 Å². The van der Waals surface area contributed by atoms with E-state index in [-0.39, 0.29) is 29.1 Å². The normalized spacial score (nSPS) is 25.4. The summed E-state index contributed by atoms with van der Waals surface area (Å²) in [6, 6.07) is 17.9. The van der Waals surface area contributed by atoms with E-state index in [9.17, 15) is 18.0 Å². The van der Waals surface area contributed by atoms with Crippen molar-refractivity contribution in [3.63, 3.8) is 0 Å². The monoisotopic (exact) mass is 691 g/mol. The van der Waals surface area contributed by atoms with E-state index in [1.165, 1.54) is 26.0 Å². The molecular weight excluding hydrogens is 646 g/mol. The predicted octanol–water partition coefficient (Wildman–Crippen LogP) is 6.32. The highest BCUT2D eigenvalue weighted by Crippen LogP contribution is 2.48. The van der Waals surface area contributed by atoms with Crippen molar-refractivity contribution in [3.8, 4) is 22.6 Å². The van der Waals surface area contributed by atoms with E-state index in [0.29, 0.717) is 43.6 Å². The number of piperidine rings is 2. The second kappa shape index (κ2) is 14.5. The molecule has 0 radical (unpaired) electrons. The molecule has 6 unspecified atom stereocenters. The molecule has 262 valence electrons. The van der Waals surface area contributed by atoms with Gasteiger partial charge in [-0.1, -0.05) is 36.2 Å². The summed E-state index contributed by atoms with van der Waals surface area (Å²) in [7, 11) is -0.938. The van der Waals surface area contributed by atoms with Crippen molar-refractivity contribution in [3.05, 3.63) is 77.4 Å². The molecule has 2 saturated heterocycles. The van der Waals surface area contributed by atoms with Crippen molar-refractivity contribution in [2.75, 3.05) is 14.2 Å². The van der Waals surface area contributed by atoms with Gasteiger partial charge in [0.25, 0.3) is 10.1 Å². The Bertz CT molecular complexity index is 1790. The number of carbonyl (C=O) groups is 2. The van der Waals surface area contributed by atoms with E-state index >= 15 is 0 Å². The van der Waals surface area contributed by atoms with Crippen LogP contribution in [0.15, 0.2) is 65.6 Å². The molecule has 6 atom stereocenters. The van der Waals surface area contributed by atoms with Crippen molar-refractivity contribution in [1.82, 2.24) is 4.90 Å². The lowest BCUT2D eigenvalue weighted by Crippen LogP contribution is -2.62. The van der Waals surface area contributed by atoms with Crippen molar-refractivity contribution >= 4 is 22.1 Å². The average molecular weight is 692 g/mol. The van der Waals surface area contributed by atoms with E-state index in [2.05, 4.69) is 17.0 Å². The topological polar surface area (TPSA) is 118 Å². The molecule has 0 saturated carbocycles. The van der Waals surface area contributed by atoms with Crippen LogP contribution in [0.5, 0.6) is 11.5 Å². The van der Waals surface area contributed by atoms with E-state index in [1.807, 2.05) is 31.2 Å². The second-order valence-electron chi connectivity index (χ2n) is 13.3. The fourth-order valence-electron chi connectivity index (χ4n) is 7.94. The molecule has 10 nitrogen and oxygen atoms in total. The first-order valence-electron chi connectivity index (χ1n) is 16.9. The van der Waals surface area contributed by atoms with E-state index in [4.69, 9.17) is 23.1 Å². The number of fused-ring (bicyclic) bond motifs is 6. The smallest absolute Gasteiger partial charge is 0.302 e. The quantitative estimate of drug-likeness (QED) is 0.206. The van der Waals surface area contributed by atoms with Crippen LogP contribution in [0.4, 0.5) is 0 Å². The Kier molecular flexibility index (Phi) is 10.3. The van der Waals surface area contributed by atoms with E-state index < -0.39 is 34.3 Å². The summed E-state index contributed by atoms with van der Waals surface area (Å²) >= 11 is 0. The third kappa shape index (κ3) is 7.49. The molecule has 2 fully saturated rings. The molecule has 3 aliphatic heterocycles. The summed E-state index contributed by atoms with van der Waals surface area (Å²) in [6.07, 6.45) is 2.23. The summed E-state index contributed by atoms with van der Waals surface area (Å²) in [5, 5.41) is 0. The molecule has 0 amide bonds. The Labute approximate surface area is 288 Å². The molecule has 0 spiro atoms. The summed E-state index contributed by atoms with van der Waals surface area (Å²) in [6.45, 7) is 4.65. The molecule has 6 rings (SSSR count). The fourth-order valence-corrected chi connectivity index (χ4v) is 9.06. The summed E-state index contributed by atoms with van der Waals surface area (Å²) < 4.78 is 57.2. The van der Waals surface area contributed by atoms with Gasteiger partial charge in [0.1, 0.15) is 29.8 Å². The molecule has 3 aromatic rings. The number of aryl methyl sites for hydroxylation is 2. The third-order valence-corrected chi connectivity index (χ3v) is 11.4. The molecule has 3 aliphatic rings. The maximum Gasteiger partial charge on any atom is 0.302 e. The Morgan fingerprint density at radius 3 is 2.14 bits per heavy atom. The third-order valence-electron chi connectivity index (χ3n) is 10.1. The van der Waals surface area contributed by atoms with Crippen LogP contribution in [-0.4, -0.2) is 69.9 Å². The number of nitrogens with zero attached hydrogens (tertiary/aromatic N) is 1. The van der Waals surface area contributed by atoms with Crippen LogP contribution in [0, 0.1) is 6.92 Å². The van der Waals surface area contributed by atoms with Crippen molar-refractivity contribution in [2.45, 2.75) is 107 Å². The minimum atomic E-state index is -4.21. The van der Waals surface area contributed by atoms with Crippen LogP contribution in [0.3, 0.4) is 0 Å². The summed E-state index contributed by atoms with van der Waals surface area (Å²) in [5.74, 6) is 0.513. The van der Waals surface area contributed by atoms with Gasteiger partial charge in [0.15, 0.2) is 0 Å². The number of methoxy groups -OCH3 is 2. The van der Waals surface area contributed by atoms with Gasteiger partial charge in [0, 0.05) is 49.5 Å². The molecule has 3 heterocycles. The highest BCUT2D eigenvalue weighted by atomic mass is 32.2. The lowest BCUT2D eigenvalue weighted by Gasteiger charge is -2.54. The zero-order valence-electron chi connectivity index (χ0n) is 28.7. The van der Waals surface area contributed by atoms with Crippen LogP contribution in [0.2, 0.25) is 0 Å².